The zero-order valence-corrected chi connectivity index (χ0v) is 17.1. The number of nitrogens with one attached hydrogen (secondary N) is 1. The number of hydrogen-bond donors (Lipinski definition) is 1. The fourth-order valence-corrected chi connectivity index (χ4v) is 3.98. The number of carbonyl (C=O) groups is 2. The number of likely N-dealkylation sites (tertiary alicyclic amines) is 1. The smallest absolute Gasteiger partial charge is 0.404 e. The van der Waals surface area contributed by atoms with Gasteiger partial charge in [0.2, 0.25) is 5.91 Å². The highest BCUT2D eigenvalue weighted by molar-refractivity contribution is 6.07. The van der Waals surface area contributed by atoms with Crippen LogP contribution >= 0.6 is 0 Å². The molecule has 0 saturated carbocycles. The van der Waals surface area contributed by atoms with Crippen LogP contribution in [0.5, 0.6) is 5.75 Å². The van der Waals surface area contributed by atoms with Crippen molar-refractivity contribution in [2.75, 3.05) is 18.4 Å². The average Bonchev–Trinajstić information content (AvgIpc) is 2.78. The molecule has 1 N–H and O–H groups in total. The van der Waals surface area contributed by atoms with E-state index in [0.29, 0.717) is 24.9 Å². The van der Waals surface area contributed by atoms with Gasteiger partial charge in [0.1, 0.15) is 0 Å². The molecule has 1 heterocycles. The molecule has 0 bridgehead atoms. The van der Waals surface area contributed by atoms with E-state index < -0.39 is 23.9 Å². The lowest BCUT2D eigenvalue weighted by Crippen LogP contribution is -2.43. The summed E-state index contributed by atoms with van der Waals surface area (Å²) in [4.78, 5) is 27.6. The molecule has 4 rings (SSSR count). The lowest BCUT2D eigenvalue weighted by atomic mass is 9.95. The van der Waals surface area contributed by atoms with Gasteiger partial charge in [-0.3, -0.25) is 9.59 Å². The van der Waals surface area contributed by atoms with Crippen molar-refractivity contribution >= 4 is 28.3 Å². The van der Waals surface area contributed by atoms with Crippen LogP contribution < -0.4 is 10.1 Å². The van der Waals surface area contributed by atoms with Crippen LogP contribution in [0.4, 0.5) is 18.9 Å². The second-order valence-electron chi connectivity index (χ2n) is 7.65. The molecule has 1 aliphatic rings. The van der Waals surface area contributed by atoms with E-state index in [1.165, 1.54) is 18.2 Å². The number of amides is 2. The number of anilines is 1. The zero-order chi connectivity index (χ0) is 22.7. The third-order valence-electron chi connectivity index (χ3n) is 5.47. The Kier molecular flexibility index (Phi) is 6.03. The molecule has 0 radical (unpaired) electrons. The highest BCUT2D eigenvalue weighted by atomic mass is 19.4. The predicted octanol–water partition coefficient (Wildman–Crippen LogP) is 5.23. The summed E-state index contributed by atoms with van der Waals surface area (Å²) in [7, 11) is 0. The molecule has 3 aromatic carbocycles. The van der Waals surface area contributed by atoms with Gasteiger partial charge in [-0.25, -0.2) is 0 Å². The van der Waals surface area contributed by atoms with Gasteiger partial charge >= 0.3 is 6.36 Å². The minimum Gasteiger partial charge on any atom is -0.404 e. The van der Waals surface area contributed by atoms with Gasteiger partial charge < -0.3 is 15.0 Å². The SMILES string of the molecule is O=C(Nc1ccccc1OC(F)(F)F)C1CCCN(C(=O)c2cccc3ccccc23)C1. The molecule has 32 heavy (non-hydrogen) atoms. The van der Waals surface area contributed by atoms with Crippen molar-refractivity contribution in [1.29, 1.82) is 0 Å². The summed E-state index contributed by atoms with van der Waals surface area (Å²) >= 11 is 0. The second-order valence-corrected chi connectivity index (χ2v) is 7.65. The Bertz CT molecular complexity index is 1140. The van der Waals surface area contributed by atoms with E-state index in [2.05, 4.69) is 10.1 Å². The Morgan fingerprint density at radius 1 is 0.969 bits per heavy atom. The Morgan fingerprint density at radius 2 is 1.69 bits per heavy atom. The second kappa shape index (κ2) is 8.90. The van der Waals surface area contributed by atoms with Crippen molar-refractivity contribution in [3.8, 4) is 5.75 Å². The molecular formula is C24H21F3N2O3. The van der Waals surface area contributed by atoms with Crippen LogP contribution in [0.2, 0.25) is 0 Å². The maximum atomic E-state index is 13.2. The van der Waals surface area contributed by atoms with E-state index in [4.69, 9.17) is 0 Å². The van der Waals surface area contributed by atoms with Gasteiger partial charge in [0, 0.05) is 18.7 Å². The Hall–Kier alpha value is -3.55. The summed E-state index contributed by atoms with van der Waals surface area (Å²) in [5.74, 6) is -1.63. The van der Waals surface area contributed by atoms with E-state index >= 15 is 0 Å². The quantitative estimate of drug-likeness (QED) is 0.602. The van der Waals surface area contributed by atoms with Crippen LogP contribution in [-0.2, 0) is 4.79 Å². The van der Waals surface area contributed by atoms with Crippen molar-refractivity contribution in [3.63, 3.8) is 0 Å². The average molecular weight is 442 g/mol. The number of ether oxygens (including phenoxy) is 1. The fourth-order valence-electron chi connectivity index (χ4n) is 3.98. The number of carbonyl (C=O) groups excluding carboxylic acids is 2. The molecule has 0 aliphatic carbocycles. The molecule has 1 aliphatic heterocycles. The van der Waals surface area contributed by atoms with E-state index in [-0.39, 0.29) is 18.1 Å². The molecule has 1 fully saturated rings. The fraction of sp³-hybridized carbons (Fsp3) is 0.250. The zero-order valence-electron chi connectivity index (χ0n) is 17.1. The Labute approximate surface area is 182 Å². The molecule has 0 aromatic heterocycles. The van der Waals surface area contributed by atoms with E-state index in [1.807, 2.05) is 36.4 Å². The summed E-state index contributed by atoms with van der Waals surface area (Å²) in [6, 6.07) is 18.5. The van der Waals surface area contributed by atoms with Gasteiger partial charge in [-0.15, -0.1) is 13.2 Å². The summed E-state index contributed by atoms with van der Waals surface area (Å²) < 4.78 is 41.9. The minimum absolute atomic E-state index is 0.0627. The molecule has 3 aromatic rings. The van der Waals surface area contributed by atoms with Gasteiger partial charge in [-0.2, -0.15) is 0 Å². The highest BCUT2D eigenvalue weighted by Gasteiger charge is 2.33. The number of rotatable bonds is 4. The van der Waals surface area contributed by atoms with Crippen LogP contribution in [0.15, 0.2) is 66.7 Å². The van der Waals surface area contributed by atoms with Gasteiger partial charge in [0.15, 0.2) is 5.75 Å². The van der Waals surface area contributed by atoms with Crippen molar-refractivity contribution < 1.29 is 27.5 Å². The van der Waals surface area contributed by atoms with E-state index in [1.54, 1.807) is 11.0 Å². The monoisotopic (exact) mass is 442 g/mol. The van der Waals surface area contributed by atoms with Crippen molar-refractivity contribution in [2.45, 2.75) is 19.2 Å². The molecule has 1 atom stereocenters. The van der Waals surface area contributed by atoms with Crippen LogP contribution in [0.25, 0.3) is 10.8 Å². The normalized spacial score (nSPS) is 16.6. The first kappa shape index (κ1) is 21.7. The Morgan fingerprint density at radius 3 is 2.50 bits per heavy atom. The minimum atomic E-state index is -4.87. The number of para-hydroxylation sites is 2. The van der Waals surface area contributed by atoms with Gasteiger partial charge in [-0.1, -0.05) is 48.5 Å². The molecule has 5 nitrogen and oxygen atoms in total. The molecule has 166 valence electrons. The molecule has 1 unspecified atom stereocenters. The van der Waals surface area contributed by atoms with E-state index in [9.17, 15) is 22.8 Å². The van der Waals surface area contributed by atoms with E-state index in [0.717, 1.165) is 16.8 Å². The summed E-state index contributed by atoms with van der Waals surface area (Å²) in [6.45, 7) is 0.704. The topological polar surface area (TPSA) is 58.6 Å². The molecule has 8 heteroatoms. The number of halogens is 3. The predicted molar refractivity (Wildman–Crippen MR) is 114 cm³/mol. The third kappa shape index (κ3) is 4.85. The largest absolute Gasteiger partial charge is 0.573 e. The number of fused-ring (bicyclic) bond motifs is 1. The third-order valence-corrected chi connectivity index (χ3v) is 5.47. The van der Waals surface area contributed by atoms with Crippen molar-refractivity contribution in [3.05, 3.63) is 72.3 Å². The summed E-state index contributed by atoms with van der Waals surface area (Å²) in [6.07, 6.45) is -3.71. The first-order valence-corrected chi connectivity index (χ1v) is 10.2. The number of nitrogens with zero attached hydrogens (tertiary/aromatic N) is 1. The van der Waals surface area contributed by atoms with Gasteiger partial charge in [0.25, 0.3) is 5.91 Å². The molecule has 0 spiro atoms. The summed E-state index contributed by atoms with van der Waals surface area (Å²) in [5.41, 5.74) is 0.500. The number of alkyl halides is 3. The van der Waals surface area contributed by atoms with Gasteiger partial charge in [-0.05, 0) is 41.8 Å². The summed E-state index contributed by atoms with van der Waals surface area (Å²) in [5, 5.41) is 4.32. The molecule has 2 amide bonds. The van der Waals surface area contributed by atoms with Crippen molar-refractivity contribution in [2.24, 2.45) is 5.92 Å². The lowest BCUT2D eigenvalue weighted by Gasteiger charge is -2.32. The lowest BCUT2D eigenvalue weighted by molar-refractivity contribution is -0.274. The Balaban J connectivity index is 1.49. The van der Waals surface area contributed by atoms with Crippen LogP contribution in [-0.4, -0.2) is 36.2 Å². The first-order chi connectivity index (χ1) is 15.3. The van der Waals surface area contributed by atoms with Crippen LogP contribution in [0, 0.1) is 5.92 Å². The van der Waals surface area contributed by atoms with Crippen LogP contribution in [0.1, 0.15) is 23.2 Å². The number of hydrogen-bond acceptors (Lipinski definition) is 3. The molecular weight excluding hydrogens is 421 g/mol. The maximum Gasteiger partial charge on any atom is 0.573 e. The highest BCUT2D eigenvalue weighted by Crippen LogP contribution is 2.31. The van der Waals surface area contributed by atoms with Gasteiger partial charge in [0.05, 0.1) is 11.6 Å². The van der Waals surface area contributed by atoms with Crippen LogP contribution in [0.3, 0.4) is 0 Å². The molecule has 1 saturated heterocycles. The first-order valence-electron chi connectivity index (χ1n) is 10.2. The number of benzene rings is 3. The maximum absolute atomic E-state index is 13.2. The standard InChI is InChI=1S/C24H21F3N2O3/c25-24(26,27)32-21-13-4-3-12-20(21)28-22(30)17-9-6-14-29(15-17)23(31)19-11-5-8-16-7-1-2-10-18(16)19/h1-5,7-8,10-13,17H,6,9,14-15H2,(H,28,30). The number of piperidine rings is 1. The van der Waals surface area contributed by atoms with Crippen molar-refractivity contribution in [1.82, 2.24) is 4.90 Å².